The molecule has 0 saturated heterocycles. The van der Waals surface area contributed by atoms with E-state index in [0.717, 1.165) is 19.3 Å². The molecule has 0 spiro atoms. The SMILES string of the molecule is COCCOC1(C(=O)NO)CCCCC1. The Morgan fingerprint density at radius 3 is 2.53 bits per heavy atom. The average Bonchev–Trinajstić information content (AvgIpc) is 2.29. The van der Waals surface area contributed by atoms with Crippen molar-refractivity contribution >= 4 is 5.91 Å². The van der Waals surface area contributed by atoms with Crippen LogP contribution in [0, 0.1) is 0 Å². The third-order valence-electron chi connectivity index (χ3n) is 2.84. The number of hydroxylamine groups is 1. The highest BCUT2D eigenvalue weighted by Gasteiger charge is 2.40. The minimum Gasteiger partial charge on any atom is -0.382 e. The van der Waals surface area contributed by atoms with Crippen LogP contribution in [-0.4, -0.2) is 37.0 Å². The number of hydrogen-bond donors (Lipinski definition) is 2. The molecular formula is C10H19NO4. The van der Waals surface area contributed by atoms with E-state index in [9.17, 15) is 4.79 Å². The van der Waals surface area contributed by atoms with Gasteiger partial charge in [0, 0.05) is 7.11 Å². The Kier molecular flexibility index (Phi) is 5.01. The van der Waals surface area contributed by atoms with Crippen LogP contribution in [0.1, 0.15) is 32.1 Å². The summed E-state index contributed by atoms with van der Waals surface area (Å²) < 4.78 is 10.4. The second-order valence-electron chi connectivity index (χ2n) is 3.84. The normalized spacial score (nSPS) is 19.9. The van der Waals surface area contributed by atoms with Crippen molar-refractivity contribution in [1.82, 2.24) is 5.48 Å². The van der Waals surface area contributed by atoms with Gasteiger partial charge in [-0.05, 0) is 12.8 Å². The molecule has 0 unspecified atom stereocenters. The second kappa shape index (κ2) is 6.05. The largest absolute Gasteiger partial charge is 0.382 e. The van der Waals surface area contributed by atoms with E-state index in [0.29, 0.717) is 26.1 Å². The van der Waals surface area contributed by atoms with Gasteiger partial charge in [0.25, 0.3) is 5.91 Å². The molecule has 0 bridgehead atoms. The molecule has 0 radical (unpaired) electrons. The molecule has 0 aromatic heterocycles. The maximum atomic E-state index is 11.6. The third kappa shape index (κ3) is 3.15. The number of carbonyl (C=O) groups excluding carboxylic acids is 1. The van der Waals surface area contributed by atoms with Gasteiger partial charge in [0.2, 0.25) is 0 Å². The molecule has 1 fully saturated rings. The molecule has 0 aromatic rings. The van der Waals surface area contributed by atoms with Crippen LogP contribution in [0.5, 0.6) is 0 Å². The summed E-state index contributed by atoms with van der Waals surface area (Å²) in [4.78, 5) is 11.6. The Bertz CT molecular complexity index is 202. The monoisotopic (exact) mass is 217 g/mol. The van der Waals surface area contributed by atoms with Gasteiger partial charge < -0.3 is 9.47 Å². The van der Waals surface area contributed by atoms with E-state index in [1.54, 1.807) is 12.6 Å². The molecule has 0 atom stereocenters. The van der Waals surface area contributed by atoms with Gasteiger partial charge in [0.1, 0.15) is 5.60 Å². The number of rotatable bonds is 5. The zero-order valence-corrected chi connectivity index (χ0v) is 9.12. The van der Waals surface area contributed by atoms with Crippen LogP contribution in [-0.2, 0) is 14.3 Å². The molecule has 1 aliphatic carbocycles. The lowest BCUT2D eigenvalue weighted by atomic mass is 9.84. The summed E-state index contributed by atoms with van der Waals surface area (Å²) >= 11 is 0. The highest BCUT2D eigenvalue weighted by atomic mass is 16.5. The standard InChI is InChI=1S/C10H19NO4/c1-14-7-8-15-10(9(12)11-13)5-3-2-4-6-10/h13H,2-8H2,1H3,(H,11,12). The van der Waals surface area contributed by atoms with E-state index in [1.165, 1.54) is 0 Å². The lowest BCUT2D eigenvalue weighted by molar-refractivity contribution is -0.162. The molecule has 0 aromatic carbocycles. The minimum absolute atomic E-state index is 0.379. The van der Waals surface area contributed by atoms with Crippen molar-refractivity contribution in [3.63, 3.8) is 0 Å². The maximum Gasteiger partial charge on any atom is 0.275 e. The van der Waals surface area contributed by atoms with Gasteiger partial charge in [-0.2, -0.15) is 0 Å². The average molecular weight is 217 g/mol. The van der Waals surface area contributed by atoms with Crippen LogP contribution in [0.3, 0.4) is 0 Å². The number of amides is 1. The predicted molar refractivity (Wildman–Crippen MR) is 53.6 cm³/mol. The summed E-state index contributed by atoms with van der Waals surface area (Å²) in [6.45, 7) is 0.838. The first-order chi connectivity index (χ1) is 7.25. The quantitative estimate of drug-likeness (QED) is 0.407. The first-order valence-corrected chi connectivity index (χ1v) is 5.32. The minimum atomic E-state index is -0.842. The van der Waals surface area contributed by atoms with E-state index in [1.807, 2.05) is 0 Å². The van der Waals surface area contributed by atoms with Crippen LogP contribution in [0.25, 0.3) is 0 Å². The molecular weight excluding hydrogens is 198 g/mol. The van der Waals surface area contributed by atoms with E-state index in [2.05, 4.69) is 0 Å². The lowest BCUT2D eigenvalue weighted by Gasteiger charge is -2.34. The van der Waals surface area contributed by atoms with Crippen molar-refractivity contribution < 1.29 is 19.5 Å². The van der Waals surface area contributed by atoms with Crippen LogP contribution in [0.15, 0.2) is 0 Å². The van der Waals surface area contributed by atoms with Crippen LogP contribution >= 0.6 is 0 Å². The van der Waals surface area contributed by atoms with Crippen molar-refractivity contribution in [3.8, 4) is 0 Å². The van der Waals surface area contributed by atoms with Crippen molar-refractivity contribution in [2.24, 2.45) is 0 Å². The molecule has 15 heavy (non-hydrogen) atoms. The Morgan fingerprint density at radius 1 is 1.33 bits per heavy atom. The van der Waals surface area contributed by atoms with Crippen LogP contribution in [0.2, 0.25) is 0 Å². The fraction of sp³-hybridized carbons (Fsp3) is 0.900. The van der Waals surface area contributed by atoms with Crippen molar-refractivity contribution in [2.45, 2.75) is 37.7 Å². The zero-order chi connectivity index (χ0) is 11.1. The van der Waals surface area contributed by atoms with E-state index >= 15 is 0 Å². The van der Waals surface area contributed by atoms with E-state index in [-0.39, 0.29) is 0 Å². The molecule has 2 N–H and O–H groups in total. The Balaban J connectivity index is 2.54. The Morgan fingerprint density at radius 2 is 2.00 bits per heavy atom. The molecule has 1 amide bonds. The Labute approximate surface area is 89.7 Å². The number of methoxy groups -OCH3 is 1. The van der Waals surface area contributed by atoms with Crippen molar-refractivity contribution in [1.29, 1.82) is 0 Å². The number of hydrogen-bond acceptors (Lipinski definition) is 4. The second-order valence-corrected chi connectivity index (χ2v) is 3.84. The first kappa shape index (κ1) is 12.4. The van der Waals surface area contributed by atoms with Gasteiger partial charge in [-0.15, -0.1) is 0 Å². The third-order valence-corrected chi connectivity index (χ3v) is 2.84. The summed E-state index contributed by atoms with van der Waals surface area (Å²) in [7, 11) is 1.59. The smallest absolute Gasteiger partial charge is 0.275 e. The summed E-state index contributed by atoms with van der Waals surface area (Å²) in [5.74, 6) is -0.432. The lowest BCUT2D eigenvalue weighted by Crippen LogP contribution is -2.49. The van der Waals surface area contributed by atoms with E-state index in [4.69, 9.17) is 14.7 Å². The van der Waals surface area contributed by atoms with Crippen molar-refractivity contribution in [3.05, 3.63) is 0 Å². The van der Waals surface area contributed by atoms with Crippen LogP contribution in [0.4, 0.5) is 0 Å². The van der Waals surface area contributed by atoms with Gasteiger partial charge in [0.15, 0.2) is 0 Å². The fourth-order valence-corrected chi connectivity index (χ4v) is 1.98. The summed E-state index contributed by atoms with van der Waals surface area (Å²) in [6, 6.07) is 0. The zero-order valence-electron chi connectivity index (χ0n) is 9.12. The molecule has 1 saturated carbocycles. The van der Waals surface area contributed by atoms with Crippen LogP contribution < -0.4 is 5.48 Å². The van der Waals surface area contributed by atoms with E-state index < -0.39 is 11.5 Å². The maximum absolute atomic E-state index is 11.6. The summed E-state index contributed by atoms with van der Waals surface area (Å²) in [5.41, 5.74) is 0.856. The van der Waals surface area contributed by atoms with Gasteiger partial charge in [-0.25, -0.2) is 5.48 Å². The highest BCUT2D eigenvalue weighted by molar-refractivity contribution is 5.84. The molecule has 5 heteroatoms. The van der Waals surface area contributed by atoms with Gasteiger partial charge in [-0.1, -0.05) is 19.3 Å². The summed E-state index contributed by atoms with van der Waals surface area (Å²) in [6.07, 6.45) is 4.38. The molecule has 0 aliphatic heterocycles. The summed E-state index contributed by atoms with van der Waals surface area (Å²) in [5, 5.41) is 8.70. The first-order valence-electron chi connectivity index (χ1n) is 5.32. The van der Waals surface area contributed by atoms with Crippen molar-refractivity contribution in [2.75, 3.05) is 20.3 Å². The molecule has 88 valence electrons. The topological polar surface area (TPSA) is 67.8 Å². The Hall–Kier alpha value is -0.650. The molecule has 0 heterocycles. The molecule has 5 nitrogen and oxygen atoms in total. The fourth-order valence-electron chi connectivity index (χ4n) is 1.98. The predicted octanol–water partition coefficient (Wildman–Crippen LogP) is 0.858. The highest BCUT2D eigenvalue weighted by Crippen LogP contribution is 2.31. The number of nitrogens with one attached hydrogen (secondary N) is 1. The van der Waals surface area contributed by atoms with Gasteiger partial charge in [-0.3, -0.25) is 10.0 Å². The number of ether oxygens (including phenoxy) is 2. The molecule has 1 aliphatic rings. The van der Waals surface area contributed by atoms with Gasteiger partial charge in [0.05, 0.1) is 13.2 Å². The van der Waals surface area contributed by atoms with Gasteiger partial charge >= 0.3 is 0 Å². The molecule has 1 rings (SSSR count). The number of carbonyl (C=O) groups is 1.